The lowest BCUT2D eigenvalue weighted by Crippen LogP contribution is -2.25. The molecule has 0 fully saturated rings. The normalized spacial score (nSPS) is 11.9. The van der Waals surface area contributed by atoms with Crippen LogP contribution in [0.3, 0.4) is 0 Å². The van der Waals surface area contributed by atoms with Crippen LogP contribution in [0.15, 0.2) is 52.2 Å². The average Bonchev–Trinajstić information content (AvgIpc) is 2.87. The highest BCUT2D eigenvalue weighted by atomic mass is 32.2. The van der Waals surface area contributed by atoms with Crippen molar-refractivity contribution < 1.29 is 8.42 Å². The van der Waals surface area contributed by atoms with Gasteiger partial charge in [-0.25, -0.2) is 13.1 Å². The lowest BCUT2D eigenvalue weighted by Gasteiger charge is -2.07. The number of sulfonamides is 1. The summed E-state index contributed by atoms with van der Waals surface area (Å²) in [4.78, 5) is 11.8. The predicted molar refractivity (Wildman–Crippen MR) is 102 cm³/mol. The fourth-order valence-electron chi connectivity index (χ4n) is 2.62. The summed E-state index contributed by atoms with van der Waals surface area (Å²) >= 11 is 1.05. The molecule has 0 amide bonds. The molecule has 1 heterocycles. The van der Waals surface area contributed by atoms with Gasteiger partial charge in [-0.2, -0.15) is 0 Å². The summed E-state index contributed by atoms with van der Waals surface area (Å²) in [5, 5.41) is 0. The summed E-state index contributed by atoms with van der Waals surface area (Å²) in [6.07, 6.45) is 1.55. The van der Waals surface area contributed by atoms with Crippen molar-refractivity contribution in [3.63, 3.8) is 0 Å². The third-order valence-electron chi connectivity index (χ3n) is 4.13. The van der Waals surface area contributed by atoms with Crippen LogP contribution in [0, 0.1) is 6.92 Å². The van der Waals surface area contributed by atoms with Crippen molar-refractivity contribution in [3.8, 4) is 0 Å². The molecule has 5 nitrogen and oxygen atoms in total. The van der Waals surface area contributed by atoms with Gasteiger partial charge in [0.1, 0.15) is 0 Å². The summed E-state index contributed by atoms with van der Waals surface area (Å²) in [7, 11) is -1.89. The molecule has 7 heteroatoms. The number of thiazole rings is 1. The zero-order chi connectivity index (χ0) is 18.0. The first-order chi connectivity index (χ1) is 11.9. The van der Waals surface area contributed by atoms with Gasteiger partial charge >= 0.3 is 4.87 Å². The van der Waals surface area contributed by atoms with Gasteiger partial charge < -0.3 is 4.57 Å². The molecule has 0 unspecified atom stereocenters. The number of hydrogen-bond donors (Lipinski definition) is 1. The van der Waals surface area contributed by atoms with E-state index in [4.69, 9.17) is 0 Å². The van der Waals surface area contributed by atoms with Gasteiger partial charge in [-0.05, 0) is 43.5 Å². The van der Waals surface area contributed by atoms with Crippen LogP contribution in [0.25, 0.3) is 10.2 Å². The van der Waals surface area contributed by atoms with Gasteiger partial charge in [0.2, 0.25) is 10.0 Å². The molecule has 0 saturated heterocycles. The molecule has 0 spiro atoms. The van der Waals surface area contributed by atoms with Crippen molar-refractivity contribution in [1.29, 1.82) is 0 Å². The fraction of sp³-hybridized carbons (Fsp3) is 0.278. The van der Waals surface area contributed by atoms with E-state index in [1.807, 2.05) is 6.92 Å². The molecular formula is C18H20N2O3S2. The minimum Gasteiger partial charge on any atom is -0.302 e. The molecule has 3 aromatic rings. The number of rotatable bonds is 6. The second kappa shape index (κ2) is 7.11. The average molecular weight is 377 g/mol. The van der Waals surface area contributed by atoms with Gasteiger partial charge in [0.05, 0.1) is 15.1 Å². The van der Waals surface area contributed by atoms with Gasteiger partial charge in [-0.1, -0.05) is 41.2 Å². The Morgan fingerprint density at radius 1 is 1.12 bits per heavy atom. The van der Waals surface area contributed by atoms with Gasteiger partial charge in [0, 0.05) is 13.6 Å². The summed E-state index contributed by atoms with van der Waals surface area (Å²) < 4.78 is 29.7. The predicted octanol–water partition coefficient (Wildman–Crippen LogP) is 2.82. The highest BCUT2D eigenvalue weighted by Gasteiger charge is 2.15. The highest BCUT2D eigenvalue weighted by molar-refractivity contribution is 7.89. The van der Waals surface area contributed by atoms with Crippen molar-refractivity contribution in [2.75, 3.05) is 6.54 Å². The lowest BCUT2D eigenvalue weighted by atomic mass is 10.1. The van der Waals surface area contributed by atoms with Gasteiger partial charge in [0.15, 0.2) is 0 Å². The quantitative estimate of drug-likeness (QED) is 0.673. The van der Waals surface area contributed by atoms with Crippen LogP contribution < -0.4 is 9.60 Å². The Hall–Kier alpha value is -1.96. The van der Waals surface area contributed by atoms with E-state index >= 15 is 0 Å². The Kier molecular flexibility index (Phi) is 5.08. The molecule has 0 aliphatic rings. The zero-order valence-corrected chi connectivity index (χ0v) is 15.8. The van der Waals surface area contributed by atoms with Gasteiger partial charge in [0.25, 0.3) is 0 Å². The molecule has 1 N–H and O–H groups in total. The molecule has 0 atom stereocenters. The van der Waals surface area contributed by atoms with E-state index < -0.39 is 10.0 Å². The highest BCUT2D eigenvalue weighted by Crippen LogP contribution is 2.21. The zero-order valence-electron chi connectivity index (χ0n) is 14.2. The lowest BCUT2D eigenvalue weighted by molar-refractivity contribution is 0.579. The Morgan fingerprint density at radius 2 is 1.84 bits per heavy atom. The fourth-order valence-corrected chi connectivity index (χ4v) is 4.71. The Labute approximate surface area is 151 Å². The number of aromatic nitrogens is 1. The van der Waals surface area contributed by atoms with E-state index in [-0.39, 0.29) is 9.77 Å². The van der Waals surface area contributed by atoms with E-state index in [2.05, 4.69) is 29.0 Å². The molecule has 25 heavy (non-hydrogen) atoms. The largest absolute Gasteiger partial charge is 0.307 e. The molecule has 0 radical (unpaired) electrons. The van der Waals surface area contributed by atoms with Gasteiger partial charge in [-0.15, -0.1) is 0 Å². The Balaban J connectivity index is 1.65. The minimum atomic E-state index is -3.57. The third-order valence-corrected chi connectivity index (χ3v) is 6.58. The van der Waals surface area contributed by atoms with Crippen LogP contribution >= 0.6 is 11.3 Å². The van der Waals surface area contributed by atoms with E-state index in [9.17, 15) is 13.2 Å². The first kappa shape index (κ1) is 17.8. The topological polar surface area (TPSA) is 68.2 Å². The third kappa shape index (κ3) is 4.00. The SMILES string of the molecule is Cc1ccc(CCCNS(=O)(=O)c2ccc3c(c2)sc(=O)n3C)cc1. The van der Waals surface area contributed by atoms with Crippen LogP contribution in [0.5, 0.6) is 0 Å². The van der Waals surface area contributed by atoms with E-state index in [1.54, 1.807) is 19.2 Å². The van der Waals surface area contributed by atoms with Crippen molar-refractivity contribution in [1.82, 2.24) is 9.29 Å². The smallest absolute Gasteiger partial charge is 0.302 e. The van der Waals surface area contributed by atoms with E-state index in [0.717, 1.165) is 29.7 Å². The molecule has 0 aliphatic heterocycles. The number of nitrogens with one attached hydrogen (secondary N) is 1. The van der Waals surface area contributed by atoms with Gasteiger partial charge in [-0.3, -0.25) is 4.79 Å². The van der Waals surface area contributed by atoms with Crippen molar-refractivity contribution in [3.05, 3.63) is 63.3 Å². The van der Waals surface area contributed by atoms with Crippen molar-refractivity contribution in [2.45, 2.75) is 24.7 Å². The summed E-state index contributed by atoms with van der Waals surface area (Å²) in [6, 6.07) is 13.0. The second-order valence-corrected chi connectivity index (χ2v) is 8.80. The summed E-state index contributed by atoms with van der Waals surface area (Å²) in [5.74, 6) is 0. The number of benzene rings is 2. The molecule has 3 rings (SSSR count). The first-order valence-corrected chi connectivity index (χ1v) is 10.3. The van der Waals surface area contributed by atoms with Crippen LogP contribution in [0.2, 0.25) is 0 Å². The standard InChI is InChI=1S/C18H20N2O3S2/c1-13-5-7-14(8-6-13)4-3-11-19-25(22,23)15-9-10-16-17(12-15)24-18(21)20(16)2/h5-10,12,19H,3-4,11H2,1-2H3. The first-order valence-electron chi connectivity index (χ1n) is 8.01. The van der Waals surface area contributed by atoms with Crippen LogP contribution in [0.1, 0.15) is 17.5 Å². The molecule has 0 aliphatic carbocycles. The molecule has 1 aromatic heterocycles. The maximum absolute atomic E-state index is 12.4. The Morgan fingerprint density at radius 3 is 2.56 bits per heavy atom. The molecule has 0 bridgehead atoms. The molecule has 0 saturated carbocycles. The van der Waals surface area contributed by atoms with Crippen molar-refractivity contribution >= 4 is 31.6 Å². The summed E-state index contributed by atoms with van der Waals surface area (Å²) in [5.41, 5.74) is 3.15. The molecule has 132 valence electrons. The maximum atomic E-state index is 12.4. The van der Waals surface area contributed by atoms with Crippen LogP contribution in [-0.4, -0.2) is 19.5 Å². The monoisotopic (exact) mass is 376 g/mol. The minimum absolute atomic E-state index is 0.101. The number of nitrogens with zero attached hydrogens (tertiary/aromatic N) is 1. The van der Waals surface area contributed by atoms with E-state index in [0.29, 0.717) is 11.2 Å². The molecule has 2 aromatic carbocycles. The maximum Gasteiger partial charge on any atom is 0.307 e. The number of fused-ring (bicyclic) bond motifs is 1. The van der Waals surface area contributed by atoms with Crippen molar-refractivity contribution in [2.24, 2.45) is 7.05 Å². The Bertz CT molecular complexity index is 1050. The van der Waals surface area contributed by atoms with Crippen LogP contribution in [-0.2, 0) is 23.5 Å². The summed E-state index contributed by atoms with van der Waals surface area (Å²) in [6.45, 7) is 2.41. The number of aryl methyl sites for hydroxylation is 3. The number of hydrogen-bond acceptors (Lipinski definition) is 4. The van der Waals surface area contributed by atoms with E-state index in [1.165, 1.54) is 21.8 Å². The molecular weight excluding hydrogens is 356 g/mol. The van der Waals surface area contributed by atoms with Crippen LogP contribution in [0.4, 0.5) is 0 Å². The second-order valence-electron chi connectivity index (χ2n) is 6.04.